The SMILES string of the molecule is CC(C)C1CN(c2ccc(NC(=O)C3CCC(NS(=O)(=O)C(C)C)CC3)cc2)CCO1. The highest BCUT2D eigenvalue weighted by Crippen LogP contribution is 2.27. The maximum Gasteiger partial charge on any atom is 0.227 e. The summed E-state index contributed by atoms with van der Waals surface area (Å²) >= 11 is 0. The van der Waals surface area contributed by atoms with Gasteiger partial charge in [-0.2, -0.15) is 0 Å². The molecule has 1 saturated carbocycles. The molecule has 0 spiro atoms. The van der Waals surface area contributed by atoms with E-state index in [4.69, 9.17) is 4.74 Å². The van der Waals surface area contributed by atoms with Gasteiger partial charge in [0.15, 0.2) is 0 Å². The van der Waals surface area contributed by atoms with Crippen LogP contribution in [0.1, 0.15) is 53.4 Å². The second-order valence-corrected chi connectivity index (χ2v) is 11.7. The molecule has 0 bridgehead atoms. The van der Waals surface area contributed by atoms with Gasteiger partial charge in [-0.05, 0) is 69.7 Å². The van der Waals surface area contributed by atoms with Gasteiger partial charge in [0.05, 0.1) is 18.0 Å². The van der Waals surface area contributed by atoms with Crippen molar-refractivity contribution in [1.29, 1.82) is 0 Å². The molecule has 1 unspecified atom stereocenters. The lowest BCUT2D eigenvalue weighted by Gasteiger charge is -2.36. The largest absolute Gasteiger partial charge is 0.374 e. The van der Waals surface area contributed by atoms with E-state index in [1.54, 1.807) is 13.8 Å². The number of morpholine rings is 1. The van der Waals surface area contributed by atoms with Gasteiger partial charge in [0, 0.05) is 36.4 Å². The van der Waals surface area contributed by atoms with Crippen LogP contribution in [0.2, 0.25) is 0 Å². The van der Waals surface area contributed by atoms with Crippen LogP contribution in [-0.4, -0.2) is 51.4 Å². The van der Waals surface area contributed by atoms with Gasteiger partial charge in [0.2, 0.25) is 15.9 Å². The number of rotatable bonds is 7. The molecule has 174 valence electrons. The smallest absolute Gasteiger partial charge is 0.227 e. The normalized spacial score (nSPS) is 25.1. The third-order valence-electron chi connectivity index (χ3n) is 6.39. The number of hydrogen-bond acceptors (Lipinski definition) is 5. The quantitative estimate of drug-likeness (QED) is 0.664. The van der Waals surface area contributed by atoms with Gasteiger partial charge in [0.1, 0.15) is 0 Å². The summed E-state index contributed by atoms with van der Waals surface area (Å²) in [4.78, 5) is 15.0. The summed E-state index contributed by atoms with van der Waals surface area (Å²) in [5.41, 5.74) is 1.94. The Hall–Kier alpha value is -1.64. The third-order valence-corrected chi connectivity index (χ3v) is 8.29. The van der Waals surface area contributed by atoms with Crippen LogP contribution in [0.3, 0.4) is 0 Å². The molecule has 0 radical (unpaired) electrons. The molecule has 7 nitrogen and oxygen atoms in total. The maximum atomic E-state index is 12.7. The molecule has 31 heavy (non-hydrogen) atoms. The lowest BCUT2D eigenvalue weighted by atomic mass is 9.86. The molecule has 1 amide bonds. The van der Waals surface area contributed by atoms with Crippen molar-refractivity contribution in [2.45, 2.75) is 70.8 Å². The zero-order valence-corrected chi connectivity index (χ0v) is 20.0. The van der Waals surface area contributed by atoms with Crippen LogP contribution in [0, 0.1) is 11.8 Å². The number of hydrogen-bond donors (Lipinski definition) is 2. The van der Waals surface area contributed by atoms with E-state index >= 15 is 0 Å². The molecule has 1 aliphatic carbocycles. The van der Waals surface area contributed by atoms with Crippen molar-refractivity contribution in [1.82, 2.24) is 4.72 Å². The zero-order valence-electron chi connectivity index (χ0n) is 19.1. The van der Waals surface area contributed by atoms with Crippen LogP contribution in [0.15, 0.2) is 24.3 Å². The van der Waals surface area contributed by atoms with E-state index in [0.29, 0.717) is 31.6 Å². The van der Waals surface area contributed by atoms with Gasteiger partial charge < -0.3 is 15.0 Å². The predicted octanol–water partition coefficient (Wildman–Crippen LogP) is 3.37. The topological polar surface area (TPSA) is 87.7 Å². The summed E-state index contributed by atoms with van der Waals surface area (Å²) < 4.78 is 32.7. The summed E-state index contributed by atoms with van der Waals surface area (Å²) in [5, 5.41) is 2.59. The first kappa shape index (κ1) is 24.0. The molecule has 0 aromatic heterocycles. The number of carbonyl (C=O) groups is 1. The van der Waals surface area contributed by atoms with E-state index in [-0.39, 0.29) is 24.0 Å². The van der Waals surface area contributed by atoms with E-state index in [2.05, 4.69) is 40.9 Å². The second kappa shape index (κ2) is 10.3. The fourth-order valence-corrected chi connectivity index (χ4v) is 5.13. The van der Waals surface area contributed by atoms with Crippen molar-refractivity contribution in [3.8, 4) is 0 Å². The molecule has 1 atom stereocenters. The van der Waals surface area contributed by atoms with Gasteiger partial charge in [-0.3, -0.25) is 4.79 Å². The van der Waals surface area contributed by atoms with Crippen molar-refractivity contribution >= 4 is 27.3 Å². The highest BCUT2D eigenvalue weighted by molar-refractivity contribution is 7.90. The average molecular weight is 452 g/mol. The number of sulfonamides is 1. The van der Waals surface area contributed by atoms with Crippen molar-refractivity contribution in [2.24, 2.45) is 11.8 Å². The standard InChI is InChI=1S/C23H37N3O4S/c1-16(2)22-15-26(13-14-30-22)21-11-9-19(10-12-21)24-23(27)18-5-7-20(8-6-18)25-31(28,29)17(3)4/h9-12,16-18,20,22,25H,5-8,13-15H2,1-4H3,(H,24,27). The van der Waals surface area contributed by atoms with Gasteiger partial charge in [0.25, 0.3) is 0 Å². The number of benzene rings is 1. The number of nitrogens with one attached hydrogen (secondary N) is 2. The van der Waals surface area contributed by atoms with Crippen LogP contribution < -0.4 is 14.9 Å². The first-order valence-electron chi connectivity index (χ1n) is 11.4. The Morgan fingerprint density at radius 3 is 2.29 bits per heavy atom. The Labute approximate surface area is 187 Å². The van der Waals surface area contributed by atoms with Gasteiger partial charge in [-0.1, -0.05) is 13.8 Å². The number of anilines is 2. The summed E-state index contributed by atoms with van der Waals surface area (Å²) in [5.74, 6) is 0.423. The molecule has 1 aromatic rings. The third kappa shape index (κ3) is 6.43. The fraction of sp³-hybridized carbons (Fsp3) is 0.696. The van der Waals surface area contributed by atoms with E-state index in [0.717, 1.165) is 31.1 Å². The predicted molar refractivity (Wildman–Crippen MR) is 125 cm³/mol. The van der Waals surface area contributed by atoms with E-state index in [9.17, 15) is 13.2 Å². The summed E-state index contributed by atoms with van der Waals surface area (Å²) in [6.45, 7) is 10.2. The monoisotopic (exact) mass is 451 g/mol. The van der Waals surface area contributed by atoms with Gasteiger partial charge >= 0.3 is 0 Å². The highest BCUT2D eigenvalue weighted by atomic mass is 32.2. The van der Waals surface area contributed by atoms with E-state index in [1.165, 1.54) is 0 Å². The van der Waals surface area contributed by atoms with Crippen molar-refractivity contribution in [3.63, 3.8) is 0 Å². The minimum absolute atomic E-state index is 0.0177. The summed E-state index contributed by atoms with van der Waals surface area (Å²) in [6, 6.07) is 7.94. The number of carbonyl (C=O) groups excluding carboxylic acids is 1. The van der Waals surface area contributed by atoms with Crippen molar-refractivity contribution in [3.05, 3.63) is 24.3 Å². The Balaban J connectivity index is 1.49. The Morgan fingerprint density at radius 1 is 1.06 bits per heavy atom. The molecule has 2 fully saturated rings. The van der Waals surface area contributed by atoms with Crippen LogP contribution in [0.25, 0.3) is 0 Å². The fourth-order valence-electron chi connectivity index (χ4n) is 4.16. The highest BCUT2D eigenvalue weighted by Gasteiger charge is 2.29. The molecule has 3 rings (SSSR count). The molecule has 1 aliphatic heterocycles. The van der Waals surface area contributed by atoms with Crippen LogP contribution >= 0.6 is 0 Å². The van der Waals surface area contributed by atoms with Crippen molar-refractivity contribution in [2.75, 3.05) is 29.9 Å². The average Bonchev–Trinajstić information content (AvgIpc) is 2.74. The number of ether oxygens (including phenoxy) is 1. The second-order valence-electron chi connectivity index (χ2n) is 9.40. The molecule has 1 aromatic carbocycles. The maximum absolute atomic E-state index is 12.7. The number of nitrogens with zero attached hydrogens (tertiary/aromatic N) is 1. The first-order valence-corrected chi connectivity index (χ1v) is 13.0. The van der Waals surface area contributed by atoms with Crippen LogP contribution in [0.5, 0.6) is 0 Å². The van der Waals surface area contributed by atoms with Gasteiger partial charge in [-0.15, -0.1) is 0 Å². The molecular formula is C23H37N3O4S. The van der Waals surface area contributed by atoms with Crippen LogP contribution in [-0.2, 0) is 19.6 Å². The molecule has 1 heterocycles. The zero-order chi connectivity index (χ0) is 22.6. The Morgan fingerprint density at radius 2 is 1.71 bits per heavy atom. The molecule has 2 N–H and O–H groups in total. The summed E-state index contributed by atoms with van der Waals surface area (Å²) in [7, 11) is -3.27. The first-order chi connectivity index (χ1) is 14.7. The van der Waals surface area contributed by atoms with Crippen LogP contribution in [0.4, 0.5) is 11.4 Å². The Kier molecular flexibility index (Phi) is 7.99. The molecular weight excluding hydrogens is 414 g/mol. The summed E-state index contributed by atoms with van der Waals surface area (Å²) in [6.07, 6.45) is 3.01. The lowest BCUT2D eigenvalue weighted by Crippen LogP contribution is -2.44. The number of amides is 1. The lowest BCUT2D eigenvalue weighted by molar-refractivity contribution is -0.120. The molecule has 1 saturated heterocycles. The minimum Gasteiger partial charge on any atom is -0.374 e. The minimum atomic E-state index is -3.27. The van der Waals surface area contributed by atoms with E-state index in [1.807, 2.05) is 12.1 Å². The molecule has 2 aliphatic rings. The van der Waals surface area contributed by atoms with Crippen molar-refractivity contribution < 1.29 is 17.9 Å². The van der Waals surface area contributed by atoms with E-state index < -0.39 is 15.3 Å². The van der Waals surface area contributed by atoms with Gasteiger partial charge in [-0.25, -0.2) is 13.1 Å². The molecule has 8 heteroatoms. The Bertz CT molecular complexity index is 831.